The van der Waals surface area contributed by atoms with Crippen molar-refractivity contribution in [3.63, 3.8) is 0 Å². The Morgan fingerprint density at radius 1 is 0.453 bits per heavy atom. The van der Waals surface area contributed by atoms with E-state index < -0.39 is 67.3 Å². The number of ether oxygens (including phenoxy) is 5. The minimum atomic E-state index is -1.93. The number of rotatable bonds is 48. The normalized spacial score (nSPS) is 18.9. The van der Waals surface area contributed by atoms with Crippen LogP contribution in [0, 0.1) is 0 Å². The van der Waals surface area contributed by atoms with Gasteiger partial charge in [-0.3, -0.25) is 14.4 Å². The number of aliphatic hydroxyl groups excluding tert-OH is 2. The zero-order chi connectivity index (χ0) is 54.7. The molecule has 1 rings (SSSR count). The molecule has 0 radical (unpaired) electrons. The Hall–Kier alpha value is -4.36. The van der Waals surface area contributed by atoms with Crippen LogP contribution in [0.25, 0.3) is 0 Å². The van der Waals surface area contributed by atoms with E-state index in [9.17, 15) is 34.5 Å². The lowest BCUT2D eigenvalue weighted by Gasteiger charge is -2.40. The highest BCUT2D eigenvalue weighted by Gasteiger charge is 2.50. The molecular weight excluding hydrogens is 949 g/mol. The van der Waals surface area contributed by atoms with Gasteiger partial charge in [-0.1, -0.05) is 208 Å². The van der Waals surface area contributed by atoms with Crippen molar-refractivity contribution >= 4 is 23.9 Å². The highest BCUT2D eigenvalue weighted by Crippen LogP contribution is 2.26. The van der Waals surface area contributed by atoms with Crippen molar-refractivity contribution in [2.75, 3.05) is 13.2 Å². The summed E-state index contributed by atoms with van der Waals surface area (Å²) in [6, 6.07) is 0. The van der Waals surface area contributed by atoms with Gasteiger partial charge in [-0.2, -0.15) is 0 Å². The summed E-state index contributed by atoms with van der Waals surface area (Å²) in [6.07, 6.45) is 53.8. The maximum atomic E-state index is 13.1. The maximum Gasteiger partial charge on any atom is 0.335 e. The second kappa shape index (κ2) is 50.5. The monoisotopic (exact) mass is 1050 g/mol. The molecule has 1 fully saturated rings. The van der Waals surface area contributed by atoms with Gasteiger partial charge >= 0.3 is 23.9 Å². The molecule has 0 amide bonds. The lowest BCUT2D eigenvalue weighted by Crippen LogP contribution is -2.61. The zero-order valence-electron chi connectivity index (χ0n) is 46.8. The number of carboxylic acid groups (broad SMARTS) is 1. The number of carbonyl (C=O) groups is 4. The number of carboxylic acids is 1. The Morgan fingerprint density at radius 3 is 1.28 bits per heavy atom. The third-order valence-corrected chi connectivity index (χ3v) is 12.7. The summed E-state index contributed by atoms with van der Waals surface area (Å²) < 4.78 is 28.3. The second-order valence-corrected chi connectivity index (χ2v) is 19.5. The minimum Gasteiger partial charge on any atom is -0.479 e. The first kappa shape index (κ1) is 68.7. The molecule has 0 aromatic rings. The Morgan fingerprint density at radius 2 is 0.840 bits per heavy atom. The van der Waals surface area contributed by atoms with Gasteiger partial charge in [0.05, 0.1) is 6.61 Å². The van der Waals surface area contributed by atoms with Crippen LogP contribution in [0.4, 0.5) is 0 Å². The van der Waals surface area contributed by atoms with Crippen molar-refractivity contribution in [3.8, 4) is 0 Å². The highest BCUT2D eigenvalue weighted by molar-refractivity contribution is 5.74. The summed E-state index contributed by atoms with van der Waals surface area (Å²) in [5, 5.41) is 31.5. The predicted octanol–water partition coefficient (Wildman–Crippen LogP) is 14.9. The summed E-state index contributed by atoms with van der Waals surface area (Å²) in [5.41, 5.74) is 0. The first-order valence-corrected chi connectivity index (χ1v) is 29.2. The Kier molecular flexibility index (Phi) is 46.2. The van der Waals surface area contributed by atoms with Crippen LogP contribution < -0.4 is 0 Å². The number of unbranched alkanes of at least 4 members (excludes halogenated alkanes) is 18. The molecular formula is C63H102O12. The summed E-state index contributed by atoms with van der Waals surface area (Å²) in [5.74, 6) is -3.23. The number of allylic oxidation sites excluding steroid dienone is 16. The van der Waals surface area contributed by atoms with Crippen LogP contribution in [0.5, 0.6) is 0 Å². The Labute approximate surface area is 453 Å². The first-order chi connectivity index (χ1) is 36.6. The molecule has 6 atom stereocenters. The van der Waals surface area contributed by atoms with Gasteiger partial charge in [-0.15, -0.1) is 0 Å². The number of carbonyl (C=O) groups excluding carboxylic acids is 3. The molecule has 1 aliphatic rings. The van der Waals surface area contributed by atoms with Gasteiger partial charge in [0.2, 0.25) is 0 Å². The Balaban J connectivity index is 2.75. The van der Waals surface area contributed by atoms with E-state index in [1.807, 2.05) is 0 Å². The van der Waals surface area contributed by atoms with Crippen molar-refractivity contribution in [1.82, 2.24) is 0 Å². The van der Waals surface area contributed by atoms with Crippen LogP contribution in [0.15, 0.2) is 97.2 Å². The molecule has 12 nitrogen and oxygen atoms in total. The van der Waals surface area contributed by atoms with Crippen molar-refractivity contribution < 1.29 is 58.2 Å². The lowest BCUT2D eigenvalue weighted by molar-refractivity contribution is -0.301. The number of aliphatic carboxylic acids is 1. The molecule has 1 heterocycles. The van der Waals surface area contributed by atoms with Gasteiger partial charge < -0.3 is 39.0 Å². The van der Waals surface area contributed by atoms with E-state index in [-0.39, 0.29) is 25.9 Å². The van der Waals surface area contributed by atoms with Crippen LogP contribution in [0.3, 0.4) is 0 Å². The molecule has 426 valence electrons. The quantitative estimate of drug-likeness (QED) is 0.0228. The average molecular weight is 1050 g/mol. The van der Waals surface area contributed by atoms with Crippen molar-refractivity contribution in [2.45, 2.75) is 263 Å². The van der Waals surface area contributed by atoms with Crippen molar-refractivity contribution in [3.05, 3.63) is 97.2 Å². The smallest absolute Gasteiger partial charge is 0.335 e. The van der Waals surface area contributed by atoms with Crippen molar-refractivity contribution in [1.29, 1.82) is 0 Å². The average Bonchev–Trinajstić information content (AvgIpc) is 3.39. The van der Waals surface area contributed by atoms with Gasteiger partial charge in [0.1, 0.15) is 18.8 Å². The van der Waals surface area contributed by atoms with Gasteiger partial charge in [-0.05, 0) is 96.3 Å². The molecule has 3 N–H and O–H groups in total. The summed E-state index contributed by atoms with van der Waals surface area (Å²) in [4.78, 5) is 51.1. The number of aliphatic hydroxyl groups is 2. The summed E-state index contributed by atoms with van der Waals surface area (Å²) in [7, 11) is 0. The molecule has 6 unspecified atom stereocenters. The first-order valence-electron chi connectivity index (χ1n) is 29.2. The molecule has 12 heteroatoms. The third-order valence-electron chi connectivity index (χ3n) is 12.7. The van der Waals surface area contributed by atoms with E-state index in [1.165, 1.54) is 70.6 Å². The van der Waals surface area contributed by atoms with Gasteiger partial charge in [0.25, 0.3) is 0 Å². The molecule has 0 aliphatic carbocycles. The highest BCUT2D eigenvalue weighted by atomic mass is 16.7. The van der Waals surface area contributed by atoms with Gasteiger partial charge in [0.15, 0.2) is 24.6 Å². The molecule has 1 saturated heterocycles. The van der Waals surface area contributed by atoms with Crippen LogP contribution in [-0.2, 0) is 42.9 Å². The van der Waals surface area contributed by atoms with Crippen LogP contribution in [-0.4, -0.2) is 89.2 Å². The lowest BCUT2D eigenvalue weighted by atomic mass is 9.98. The number of hydrogen-bond donors (Lipinski definition) is 3. The van der Waals surface area contributed by atoms with Gasteiger partial charge in [0, 0.05) is 19.3 Å². The standard InChI is InChI=1S/C63H102O12/c1-4-7-10-13-16-19-22-25-28-31-34-37-40-43-46-49-55(64)71-52-54(73-56(65)50-47-44-41-38-35-32-29-26-23-20-17-14-11-8-5-2)53-72-63-61(59(68)58(67)60(75-63)62(69)70)74-57(66)51-48-45-42-39-36-33-30-27-24-21-18-15-12-9-6-3/h7,9-10,12,16,18-19,21,25,27-28,30,34,36-37,39,54,58-61,63,67-68H,4-6,8,11,13-15,17,20,22-24,26,29,31-33,35,38,40-53H2,1-3H3,(H,69,70)/b10-7-,12-9-,19-16-,21-18-,28-25-,30-27-,37-34-,39-36-. The predicted molar refractivity (Wildman–Crippen MR) is 303 cm³/mol. The van der Waals surface area contributed by atoms with E-state index in [2.05, 4.69) is 118 Å². The largest absolute Gasteiger partial charge is 0.479 e. The second-order valence-electron chi connectivity index (χ2n) is 19.5. The SMILES string of the molecule is CC/C=C\C/C=C\C/C=C\C/C=C\CCCCC(=O)OCC(COC1OC(C(=O)O)C(O)C(O)C1OC(=O)CCCC/C=C\C/C=C\C/C=C\C/C=C\CC)OC(=O)CCCCCCCCCCCCCCCCC. The molecule has 1 aliphatic heterocycles. The Bertz CT molecular complexity index is 1670. The fraction of sp³-hybridized carbons (Fsp3) is 0.683. The van der Waals surface area contributed by atoms with Crippen LogP contribution in [0.2, 0.25) is 0 Å². The number of esters is 3. The summed E-state index contributed by atoms with van der Waals surface area (Å²) in [6.45, 7) is 5.71. The third kappa shape index (κ3) is 40.6. The fourth-order valence-corrected chi connectivity index (χ4v) is 8.23. The molecule has 75 heavy (non-hydrogen) atoms. The van der Waals surface area contributed by atoms with E-state index in [0.717, 1.165) is 89.9 Å². The van der Waals surface area contributed by atoms with Gasteiger partial charge in [-0.25, -0.2) is 4.79 Å². The molecule has 0 bridgehead atoms. The van der Waals surface area contributed by atoms with Crippen LogP contribution in [0.1, 0.15) is 226 Å². The van der Waals surface area contributed by atoms with E-state index >= 15 is 0 Å². The van der Waals surface area contributed by atoms with Crippen molar-refractivity contribution in [2.24, 2.45) is 0 Å². The molecule has 0 aromatic carbocycles. The fourth-order valence-electron chi connectivity index (χ4n) is 8.23. The maximum absolute atomic E-state index is 13.1. The number of hydrogen-bond acceptors (Lipinski definition) is 11. The topological polar surface area (TPSA) is 175 Å². The van der Waals surface area contributed by atoms with E-state index in [4.69, 9.17) is 23.7 Å². The summed E-state index contributed by atoms with van der Waals surface area (Å²) >= 11 is 0. The molecule has 0 aromatic heterocycles. The van der Waals surface area contributed by atoms with E-state index in [0.29, 0.717) is 25.7 Å². The molecule has 0 saturated carbocycles. The van der Waals surface area contributed by atoms with Crippen LogP contribution >= 0.6 is 0 Å². The molecule has 0 spiro atoms. The van der Waals surface area contributed by atoms with E-state index in [1.54, 1.807) is 0 Å². The zero-order valence-corrected chi connectivity index (χ0v) is 46.8. The minimum absolute atomic E-state index is 0.000850.